The normalized spacial score (nSPS) is 19.8. The van der Waals surface area contributed by atoms with Gasteiger partial charge in [0.2, 0.25) is 0 Å². The molecule has 0 radical (unpaired) electrons. The van der Waals surface area contributed by atoms with E-state index < -0.39 is 36.5 Å². The van der Waals surface area contributed by atoms with E-state index in [4.69, 9.17) is 5.11 Å². The largest absolute Gasteiger partial charge is 0.459 e. The Morgan fingerprint density at radius 1 is 0.722 bits per heavy atom. The van der Waals surface area contributed by atoms with Crippen molar-refractivity contribution in [2.75, 3.05) is 0 Å². The Labute approximate surface area is 91.2 Å². The molecule has 0 saturated heterocycles. The van der Waals surface area contributed by atoms with Crippen molar-refractivity contribution in [1.82, 2.24) is 0 Å². The van der Waals surface area contributed by atoms with Gasteiger partial charge in [-0.15, -0.1) is 0 Å². The highest BCUT2D eigenvalue weighted by atomic mass is 19.4. The summed E-state index contributed by atoms with van der Waals surface area (Å²) in [6.07, 6.45) is -18.5. The summed E-state index contributed by atoms with van der Waals surface area (Å²) < 4.78 is 131. The Balaban J connectivity index is 5.73. The van der Waals surface area contributed by atoms with E-state index in [0.717, 1.165) is 0 Å². The molecule has 18 heavy (non-hydrogen) atoms. The van der Waals surface area contributed by atoms with Gasteiger partial charge in [-0.25, -0.2) is 13.2 Å². The Morgan fingerprint density at radius 3 is 1.22 bits per heavy atom. The number of hydrogen-bond donors (Lipinski definition) is 1. The van der Waals surface area contributed by atoms with Crippen molar-refractivity contribution in [1.29, 1.82) is 0 Å². The highest BCUT2D eigenvalue weighted by Gasteiger charge is 2.79. The lowest BCUT2D eigenvalue weighted by molar-refractivity contribution is -0.416. The van der Waals surface area contributed by atoms with E-state index in [1.54, 1.807) is 0 Å². The monoisotopic (exact) mass is 300 g/mol. The Kier molecular flexibility index (Phi) is 4.19. The fourth-order valence-corrected chi connectivity index (χ4v) is 0.921. The van der Waals surface area contributed by atoms with Gasteiger partial charge in [0.1, 0.15) is 0 Å². The van der Waals surface area contributed by atoms with Gasteiger partial charge in [-0.2, -0.15) is 35.1 Å². The van der Waals surface area contributed by atoms with Crippen LogP contribution in [0, 0.1) is 5.92 Å². The van der Waals surface area contributed by atoms with Crippen LogP contribution in [-0.4, -0.2) is 35.7 Å². The second-order valence-electron chi connectivity index (χ2n) is 3.10. The second-order valence-corrected chi connectivity index (χ2v) is 3.10. The summed E-state index contributed by atoms with van der Waals surface area (Å²) >= 11 is 0. The third kappa shape index (κ3) is 2.78. The van der Waals surface area contributed by atoms with Crippen molar-refractivity contribution >= 4 is 0 Å². The standard InChI is InChI=1S/C6H3F11O/c7-2(8)1(4(10,11)12)3(9,18)5(13,14)6(15,16)17/h1-2,18H. The number of aliphatic hydroxyl groups is 1. The lowest BCUT2D eigenvalue weighted by atomic mass is 9.93. The molecule has 0 aromatic heterocycles. The molecule has 0 aliphatic rings. The van der Waals surface area contributed by atoms with Crippen LogP contribution in [0.5, 0.6) is 0 Å². The van der Waals surface area contributed by atoms with Crippen molar-refractivity contribution in [2.24, 2.45) is 5.92 Å². The topological polar surface area (TPSA) is 20.2 Å². The van der Waals surface area contributed by atoms with Crippen LogP contribution < -0.4 is 0 Å². The minimum absolute atomic E-state index is 5.02. The molecule has 0 aliphatic carbocycles. The van der Waals surface area contributed by atoms with Crippen LogP contribution in [0.2, 0.25) is 0 Å². The zero-order chi connectivity index (χ0) is 15.2. The minimum Gasteiger partial charge on any atom is -0.356 e. The molecule has 2 unspecified atom stereocenters. The van der Waals surface area contributed by atoms with Gasteiger partial charge in [0.15, 0.2) is 5.92 Å². The average molecular weight is 300 g/mol. The highest BCUT2D eigenvalue weighted by molar-refractivity contribution is 4.98. The van der Waals surface area contributed by atoms with Gasteiger partial charge < -0.3 is 5.11 Å². The minimum atomic E-state index is -7.02. The first-order valence-electron chi connectivity index (χ1n) is 3.77. The molecule has 1 nitrogen and oxygen atoms in total. The first-order valence-corrected chi connectivity index (χ1v) is 3.77. The maximum absolute atomic E-state index is 12.7. The average Bonchev–Trinajstić information content (AvgIpc) is 1.95. The van der Waals surface area contributed by atoms with E-state index in [1.165, 1.54) is 0 Å². The molecule has 0 amide bonds. The smallest absolute Gasteiger partial charge is 0.356 e. The molecule has 2 atom stereocenters. The summed E-state index contributed by atoms with van der Waals surface area (Å²) in [5.74, 6) is -18.8. The molecule has 0 aromatic rings. The van der Waals surface area contributed by atoms with Crippen LogP contribution in [0.1, 0.15) is 0 Å². The van der Waals surface area contributed by atoms with Gasteiger partial charge in [-0.1, -0.05) is 0 Å². The van der Waals surface area contributed by atoms with Gasteiger partial charge in [0.05, 0.1) is 0 Å². The molecule has 0 fully saturated rings. The molecule has 0 aromatic carbocycles. The van der Waals surface area contributed by atoms with Crippen LogP contribution in [0.4, 0.5) is 48.3 Å². The Bertz CT molecular complexity index is 287. The van der Waals surface area contributed by atoms with Crippen LogP contribution in [-0.2, 0) is 0 Å². The first kappa shape index (κ1) is 17.2. The lowest BCUT2D eigenvalue weighted by Gasteiger charge is -2.36. The second kappa shape index (κ2) is 4.38. The van der Waals surface area contributed by atoms with E-state index in [-0.39, 0.29) is 0 Å². The van der Waals surface area contributed by atoms with Gasteiger partial charge in [-0.05, 0) is 0 Å². The summed E-state index contributed by atoms with van der Waals surface area (Å²) in [5.41, 5.74) is 0. The van der Waals surface area contributed by atoms with Crippen LogP contribution in [0.15, 0.2) is 0 Å². The number of hydrogen-bond acceptors (Lipinski definition) is 1. The Morgan fingerprint density at radius 2 is 1.06 bits per heavy atom. The zero-order valence-electron chi connectivity index (χ0n) is 7.76. The molecular formula is C6H3F11O. The van der Waals surface area contributed by atoms with Crippen molar-refractivity contribution < 1.29 is 53.4 Å². The SMILES string of the molecule is OC(F)(C(C(F)F)C(F)(F)F)C(F)(F)C(F)(F)F. The molecule has 0 saturated carbocycles. The van der Waals surface area contributed by atoms with E-state index in [2.05, 4.69) is 0 Å². The summed E-state index contributed by atoms with van der Waals surface area (Å²) in [6.45, 7) is 0. The molecule has 0 heterocycles. The predicted octanol–water partition coefficient (Wildman–Crippen LogP) is 3.29. The molecule has 0 rings (SSSR count). The van der Waals surface area contributed by atoms with Crippen molar-refractivity contribution in [2.45, 2.75) is 30.6 Å². The van der Waals surface area contributed by atoms with Crippen LogP contribution in [0.3, 0.4) is 0 Å². The number of halogens is 11. The summed E-state index contributed by atoms with van der Waals surface area (Å²) in [6, 6.07) is 0. The van der Waals surface area contributed by atoms with E-state index in [0.29, 0.717) is 0 Å². The van der Waals surface area contributed by atoms with E-state index >= 15 is 0 Å². The third-order valence-corrected chi connectivity index (χ3v) is 1.81. The molecule has 0 aliphatic heterocycles. The van der Waals surface area contributed by atoms with E-state index in [1.807, 2.05) is 0 Å². The van der Waals surface area contributed by atoms with Gasteiger partial charge in [0, 0.05) is 0 Å². The van der Waals surface area contributed by atoms with E-state index in [9.17, 15) is 48.3 Å². The summed E-state index contributed by atoms with van der Waals surface area (Å²) in [5, 5.41) is 8.01. The highest BCUT2D eigenvalue weighted by Crippen LogP contribution is 2.52. The molecular weight excluding hydrogens is 297 g/mol. The molecule has 110 valence electrons. The maximum Gasteiger partial charge on any atom is 0.459 e. The van der Waals surface area contributed by atoms with Crippen molar-refractivity contribution in [3.63, 3.8) is 0 Å². The lowest BCUT2D eigenvalue weighted by Crippen LogP contribution is -2.63. The Hall–Kier alpha value is -0.810. The predicted molar refractivity (Wildman–Crippen MR) is 32.6 cm³/mol. The zero-order valence-corrected chi connectivity index (χ0v) is 7.76. The number of alkyl halides is 11. The molecule has 12 heteroatoms. The van der Waals surface area contributed by atoms with Gasteiger partial charge in [0.25, 0.3) is 12.3 Å². The molecule has 0 spiro atoms. The molecule has 1 N–H and O–H groups in total. The quantitative estimate of drug-likeness (QED) is 0.793. The van der Waals surface area contributed by atoms with Gasteiger partial charge in [-0.3, -0.25) is 0 Å². The fraction of sp³-hybridized carbons (Fsp3) is 1.00. The van der Waals surface area contributed by atoms with Crippen molar-refractivity contribution in [3.05, 3.63) is 0 Å². The molecule has 0 bridgehead atoms. The van der Waals surface area contributed by atoms with Crippen LogP contribution >= 0.6 is 0 Å². The third-order valence-electron chi connectivity index (χ3n) is 1.81. The summed E-state index contributed by atoms with van der Waals surface area (Å²) in [7, 11) is 0. The fourth-order valence-electron chi connectivity index (χ4n) is 0.921. The van der Waals surface area contributed by atoms with Gasteiger partial charge >= 0.3 is 18.3 Å². The van der Waals surface area contributed by atoms with Crippen LogP contribution in [0.25, 0.3) is 0 Å². The maximum atomic E-state index is 12.7. The number of rotatable bonds is 3. The first-order chi connectivity index (χ1) is 7.57. The van der Waals surface area contributed by atoms with Crippen molar-refractivity contribution in [3.8, 4) is 0 Å². The summed E-state index contributed by atoms with van der Waals surface area (Å²) in [4.78, 5) is 0.